The van der Waals surface area contributed by atoms with E-state index < -0.39 is 11.4 Å². The highest BCUT2D eigenvalue weighted by Crippen LogP contribution is 2.49. The molecule has 0 aromatic rings. The van der Waals surface area contributed by atoms with E-state index in [0.29, 0.717) is 18.9 Å². The van der Waals surface area contributed by atoms with Crippen molar-refractivity contribution in [1.82, 2.24) is 4.90 Å². The van der Waals surface area contributed by atoms with Crippen LogP contribution in [0.1, 0.15) is 45.4 Å². The maximum atomic E-state index is 12.2. The molecular weight excluding hydrogens is 206 g/mol. The zero-order valence-corrected chi connectivity index (χ0v) is 9.74. The molecule has 0 aliphatic heterocycles. The number of hydrogen-bond acceptors (Lipinski definition) is 2. The van der Waals surface area contributed by atoms with Crippen molar-refractivity contribution in [3.8, 4) is 0 Å². The molecule has 0 atom stereocenters. The molecule has 0 aromatic heterocycles. The molecule has 1 N–H and O–H groups in total. The molecule has 2 rings (SSSR count). The fourth-order valence-electron chi connectivity index (χ4n) is 2.08. The molecule has 0 unspecified atom stereocenters. The third-order valence-corrected chi connectivity index (χ3v) is 3.57. The first-order valence-electron chi connectivity index (χ1n) is 6.16. The summed E-state index contributed by atoms with van der Waals surface area (Å²) in [5.74, 6) is -1.06. The van der Waals surface area contributed by atoms with Gasteiger partial charge in [0.2, 0.25) is 5.91 Å². The first-order valence-corrected chi connectivity index (χ1v) is 6.16. The van der Waals surface area contributed by atoms with Gasteiger partial charge in [0.15, 0.2) is 0 Å². The average Bonchev–Trinajstić information content (AvgIpc) is 3.11. The van der Waals surface area contributed by atoms with Crippen LogP contribution >= 0.6 is 0 Å². The molecule has 1 amide bonds. The summed E-state index contributed by atoms with van der Waals surface area (Å²) in [6.07, 6.45) is 5.15. The molecule has 2 saturated carbocycles. The normalized spacial score (nSPS) is 21.6. The van der Waals surface area contributed by atoms with Gasteiger partial charge >= 0.3 is 5.97 Å². The van der Waals surface area contributed by atoms with E-state index in [0.717, 1.165) is 32.2 Å². The van der Waals surface area contributed by atoms with Crippen LogP contribution in [0.4, 0.5) is 0 Å². The second kappa shape index (κ2) is 4.07. The number of carboxylic acid groups (broad SMARTS) is 1. The Hall–Kier alpha value is -1.06. The molecular formula is C12H19NO3. The molecule has 0 spiro atoms. The zero-order valence-electron chi connectivity index (χ0n) is 9.74. The van der Waals surface area contributed by atoms with Crippen LogP contribution < -0.4 is 0 Å². The quantitative estimate of drug-likeness (QED) is 0.699. The summed E-state index contributed by atoms with van der Waals surface area (Å²) in [6, 6.07) is 0.330. The van der Waals surface area contributed by atoms with E-state index in [9.17, 15) is 9.59 Å². The van der Waals surface area contributed by atoms with Gasteiger partial charge in [-0.3, -0.25) is 9.59 Å². The number of rotatable bonds is 6. The molecule has 0 saturated heterocycles. The van der Waals surface area contributed by atoms with Crippen molar-refractivity contribution in [2.24, 2.45) is 5.41 Å². The SMILES string of the molecule is CCCCN(C(=O)C1(C(=O)O)CC1)C1CC1. The van der Waals surface area contributed by atoms with Crippen LogP contribution in [-0.2, 0) is 9.59 Å². The minimum absolute atomic E-state index is 0.129. The molecule has 0 bridgehead atoms. The Morgan fingerprint density at radius 1 is 1.38 bits per heavy atom. The van der Waals surface area contributed by atoms with E-state index in [2.05, 4.69) is 6.92 Å². The van der Waals surface area contributed by atoms with Crippen molar-refractivity contribution < 1.29 is 14.7 Å². The fraction of sp³-hybridized carbons (Fsp3) is 0.833. The lowest BCUT2D eigenvalue weighted by atomic mass is 10.1. The van der Waals surface area contributed by atoms with E-state index in [1.165, 1.54) is 0 Å². The van der Waals surface area contributed by atoms with Gasteiger partial charge in [-0.15, -0.1) is 0 Å². The number of hydrogen-bond donors (Lipinski definition) is 1. The molecule has 0 heterocycles. The number of amides is 1. The predicted molar refractivity (Wildman–Crippen MR) is 58.9 cm³/mol. The second-order valence-corrected chi connectivity index (χ2v) is 4.97. The minimum Gasteiger partial charge on any atom is -0.480 e. The number of carboxylic acids is 1. The van der Waals surface area contributed by atoms with Gasteiger partial charge in [-0.05, 0) is 32.1 Å². The number of carbonyl (C=O) groups is 2. The van der Waals surface area contributed by atoms with Gasteiger partial charge in [-0.1, -0.05) is 13.3 Å². The summed E-state index contributed by atoms with van der Waals surface area (Å²) in [4.78, 5) is 25.1. The van der Waals surface area contributed by atoms with Gasteiger partial charge in [0.05, 0.1) is 0 Å². The van der Waals surface area contributed by atoms with Crippen LogP contribution in [0, 0.1) is 5.41 Å². The van der Waals surface area contributed by atoms with Crippen LogP contribution in [0.15, 0.2) is 0 Å². The molecule has 16 heavy (non-hydrogen) atoms. The molecule has 4 nitrogen and oxygen atoms in total. The standard InChI is InChI=1S/C12H19NO3/c1-2-3-8-13(9-4-5-9)10(14)12(6-7-12)11(15)16/h9H,2-8H2,1H3,(H,15,16). The Balaban J connectivity index is 2.02. The summed E-state index contributed by atoms with van der Waals surface area (Å²) in [5.41, 5.74) is -1.05. The Bertz CT molecular complexity index is 305. The highest BCUT2D eigenvalue weighted by Gasteiger charge is 2.59. The summed E-state index contributed by atoms with van der Waals surface area (Å²) < 4.78 is 0. The van der Waals surface area contributed by atoms with Crippen LogP contribution in [0.5, 0.6) is 0 Å². The smallest absolute Gasteiger partial charge is 0.319 e. The predicted octanol–water partition coefficient (Wildman–Crippen LogP) is 1.64. The van der Waals surface area contributed by atoms with Crippen molar-refractivity contribution in [3.63, 3.8) is 0 Å². The Kier molecular flexibility index (Phi) is 2.91. The van der Waals surface area contributed by atoms with Gasteiger partial charge in [0, 0.05) is 12.6 Å². The van der Waals surface area contributed by atoms with E-state index >= 15 is 0 Å². The first-order chi connectivity index (χ1) is 7.62. The molecule has 90 valence electrons. The van der Waals surface area contributed by atoms with Crippen molar-refractivity contribution in [1.29, 1.82) is 0 Å². The zero-order chi connectivity index (χ0) is 11.8. The second-order valence-electron chi connectivity index (χ2n) is 4.97. The summed E-state index contributed by atoms with van der Waals surface area (Å²) in [6.45, 7) is 2.81. The van der Waals surface area contributed by atoms with Crippen LogP contribution in [-0.4, -0.2) is 34.5 Å². The summed E-state index contributed by atoms with van der Waals surface area (Å²) in [5, 5.41) is 9.10. The maximum absolute atomic E-state index is 12.2. The lowest BCUT2D eigenvalue weighted by Crippen LogP contribution is -2.42. The highest BCUT2D eigenvalue weighted by atomic mass is 16.4. The number of unbranched alkanes of at least 4 members (excludes halogenated alkanes) is 1. The Labute approximate surface area is 95.6 Å². The Morgan fingerprint density at radius 2 is 2.00 bits per heavy atom. The molecule has 4 heteroatoms. The first kappa shape index (κ1) is 11.4. The largest absolute Gasteiger partial charge is 0.480 e. The van der Waals surface area contributed by atoms with Crippen molar-refractivity contribution in [2.75, 3.05) is 6.54 Å². The van der Waals surface area contributed by atoms with Crippen molar-refractivity contribution >= 4 is 11.9 Å². The molecule has 0 radical (unpaired) electrons. The Morgan fingerprint density at radius 3 is 2.38 bits per heavy atom. The third-order valence-electron chi connectivity index (χ3n) is 3.57. The molecule has 2 aliphatic rings. The summed E-state index contributed by atoms with van der Waals surface area (Å²) in [7, 11) is 0. The van der Waals surface area contributed by atoms with Crippen molar-refractivity contribution in [3.05, 3.63) is 0 Å². The minimum atomic E-state index is -1.05. The van der Waals surface area contributed by atoms with Crippen LogP contribution in [0.25, 0.3) is 0 Å². The monoisotopic (exact) mass is 225 g/mol. The topological polar surface area (TPSA) is 57.6 Å². The molecule has 2 fully saturated rings. The number of nitrogens with zero attached hydrogens (tertiary/aromatic N) is 1. The number of carbonyl (C=O) groups excluding carboxylic acids is 1. The molecule has 2 aliphatic carbocycles. The summed E-state index contributed by atoms with van der Waals surface area (Å²) >= 11 is 0. The number of aliphatic carboxylic acids is 1. The van der Waals surface area contributed by atoms with Crippen LogP contribution in [0.2, 0.25) is 0 Å². The van der Waals surface area contributed by atoms with E-state index in [1.54, 1.807) is 0 Å². The van der Waals surface area contributed by atoms with Gasteiger partial charge in [-0.2, -0.15) is 0 Å². The van der Waals surface area contributed by atoms with Gasteiger partial charge in [-0.25, -0.2) is 0 Å². The molecule has 0 aromatic carbocycles. The third kappa shape index (κ3) is 1.93. The van der Waals surface area contributed by atoms with Crippen molar-refractivity contribution in [2.45, 2.75) is 51.5 Å². The lowest BCUT2D eigenvalue weighted by molar-refractivity contribution is -0.153. The van der Waals surface area contributed by atoms with E-state index in [4.69, 9.17) is 5.11 Å². The van der Waals surface area contributed by atoms with E-state index in [1.807, 2.05) is 4.90 Å². The maximum Gasteiger partial charge on any atom is 0.319 e. The highest BCUT2D eigenvalue weighted by molar-refractivity contribution is 6.05. The van der Waals surface area contributed by atoms with Crippen LogP contribution in [0.3, 0.4) is 0 Å². The average molecular weight is 225 g/mol. The van der Waals surface area contributed by atoms with Gasteiger partial charge in [0.25, 0.3) is 0 Å². The van der Waals surface area contributed by atoms with E-state index in [-0.39, 0.29) is 5.91 Å². The van der Waals surface area contributed by atoms with Gasteiger partial charge in [0.1, 0.15) is 5.41 Å². The fourth-order valence-corrected chi connectivity index (χ4v) is 2.08. The van der Waals surface area contributed by atoms with Gasteiger partial charge < -0.3 is 10.0 Å². The lowest BCUT2D eigenvalue weighted by Gasteiger charge is -2.25.